The van der Waals surface area contributed by atoms with Crippen molar-refractivity contribution < 1.29 is 14.2 Å². The van der Waals surface area contributed by atoms with Crippen molar-refractivity contribution in [1.82, 2.24) is 5.32 Å². The molecule has 0 aliphatic rings. The third-order valence-corrected chi connectivity index (χ3v) is 2.64. The first-order valence-electron chi connectivity index (χ1n) is 6.90. The third-order valence-electron chi connectivity index (χ3n) is 2.64. The van der Waals surface area contributed by atoms with Gasteiger partial charge in [-0.1, -0.05) is 19.1 Å². The van der Waals surface area contributed by atoms with Gasteiger partial charge in [0.25, 0.3) is 0 Å². The molecule has 0 saturated heterocycles. The molecule has 0 bridgehead atoms. The lowest BCUT2D eigenvalue weighted by molar-refractivity contribution is 0.142. The summed E-state index contributed by atoms with van der Waals surface area (Å²) in [6.07, 6.45) is 1.12. The van der Waals surface area contributed by atoms with Crippen LogP contribution in [0.25, 0.3) is 0 Å². The van der Waals surface area contributed by atoms with Crippen LogP contribution < -0.4 is 14.8 Å². The van der Waals surface area contributed by atoms with Gasteiger partial charge < -0.3 is 19.5 Å². The Labute approximate surface area is 116 Å². The Morgan fingerprint density at radius 1 is 1.11 bits per heavy atom. The standard InChI is InChI=1S/C15H25NO3/c1-4-9-16-12-13-7-6-8-14(18-5-2)15(13)19-11-10-17-3/h6-8,16H,4-5,9-12H2,1-3H3. The molecule has 19 heavy (non-hydrogen) atoms. The molecule has 0 amide bonds. The first kappa shape index (κ1) is 15.8. The molecule has 0 fully saturated rings. The average molecular weight is 267 g/mol. The second-order valence-corrected chi connectivity index (χ2v) is 4.20. The summed E-state index contributed by atoms with van der Waals surface area (Å²) in [5, 5.41) is 3.38. The lowest BCUT2D eigenvalue weighted by Gasteiger charge is -2.16. The SMILES string of the molecule is CCCNCc1cccc(OCC)c1OCCOC. The predicted octanol–water partition coefficient (Wildman–Crippen LogP) is 2.61. The van der Waals surface area contributed by atoms with Crippen molar-refractivity contribution in [2.75, 3.05) is 33.5 Å². The zero-order valence-corrected chi connectivity index (χ0v) is 12.2. The molecule has 0 heterocycles. The summed E-state index contributed by atoms with van der Waals surface area (Å²) in [6, 6.07) is 6.00. The molecule has 0 unspecified atom stereocenters. The fraction of sp³-hybridized carbons (Fsp3) is 0.600. The van der Waals surface area contributed by atoms with Crippen molar-refractivity contribution in [3.63, 3.8) is 0 Å². The van der Waals surface area contributed by atoms with Gasteiger partial charge in [0.05, 0.1) is 13.2 Å². The van der Waals surface area contributed by atoms with Crippen LogP contribution in [0, 0.1) is 0 Å². The van der Waals surface area contributed by atoms with Gasteiger partial charge in [-0.15, -0.1) is 0 Å². The van der Waals surface area contributed by atoms with E-state index in [2.05, 4.69) is 18.3 Å². The first-order valence-corrected chi connectivity index (χ1v) is 6.90. The van der Waals surface area contributed by atoms with E-state index in [1.807, 2.05) is 19.1 Å². The largest absolute Gasteiger partial charge is 0.490 e. The van der Waals surface area contributed by atoms with E-state index >= 15 is 0 Å². The summed E-state index contributed by atoms with van der Waals surface area (Å²) >= 11 is 0. The summed E-state index contributed by atoms with van der Waals surface area (Å²) in [4.78, 5) is 0. The number of hydrogen-bond donors (Lipinski definition) is 1. The number of rotatable bonds is 10. The van der Waals surface area contributed by atoms with Gasteiger partial charge in [-0.3, -0.25) is 0 Å². The van der Waals surface area contributed by atoms with Crippen LogP contribution in [0.4, 0.5) is 0 Å². The van der Waals surface area contributed by atoms with Crippen LogP contribution in [0.2, 0.25) is 0 Å². The number of benzene rings is 1. The fourth-order valence-corrected chi connectivity index (χ4v) is 1.76. The van der Waals surface area contributed by atoms with Crippen molar-refractivity contribution >= 4 is 0 Å². The van der Waals surface area contributed by atoms with Gasteiger partial charge in [0.1, 0.15) is 6.61 Å². The highest BCUT2D eigenvalue weighted by Gasteiger charge is 2.10. The summed E-state index contributed by atoms with van der Waals surface area (Å²) in [5.41, 5.74) is 1.12. The van der Waals surface area contributed by atoms with E-state index in [-0.39, 0.29) is 0 Å². The Bertz CT molecular complexity index is 355. The maximum Gasteiger partial charge on any atom is 0.165 e. The van der Waals surface area contributed by atoms with E-state index < -0.39 is 0 Å². The van der Waals surface area contributed by atoms with E-state index in [1.54, 1.807) is 7.11 Å². The molecule has 0 aliphatic heterocycles. The summed E-state index contributed by atoms with van der Waals surface area (Å²) < 4.78 is 16.4. The minimum absolute atomic E-state index is 0.529. The van der Waals surface area contributed by atoms with Gasteiger partial charge in [0, 0.05) is 19.2 Å². The number of para-hydroxylation sites is 1. The van der Waals surface area contributed by atoms with Gasteiger partial charge in [0.2, 0.25) is 0 Å². The molecule has 1 rings (SSSR count). The monoisotopic (exact) mass is 267 g/mol. The highest BCUT2D eigenvalue weighted by atomic mass is 16.5. The van der Waals surface area contributed by atoms with Crippen molar-refractivity contribution in [3.8, 4) is 11.5 Å². The Morgan fingerprint density at radius 2 is 1.95 bits per heavy atom. The van der Waals surface area contributed by atoms with Crippen LogP contribution in [0.3, 0.4) is 0 Å². The second kappa shape index (κ2) is 9.64. The average Bonchev–Trinajstić information content (AvgIpc) is 2.42. The minimum atomic E-state index is 0.529. The Kier molecular flexibility index (Phi) is 8.02. The fourth-order valence-electron chi connectivity index (χ4n) is 1.76. The number of hydrogen-bond acceptors (Lipinski definition) is 4. The molecule has 0 atom stereocenters. The maximum atomic E-state index is 5.80. The predicted molar refractivity (Wildman–Crippen MR) is 77.0 cm³/mol. The molecule has 108 valence electrons. The van der Waals surface area contributed by atoms with Crippen molar-refractivity contribution in [2.24, 2.45) is 0 Å². The molecule has 0 spiro atoms. The topological polar surface area (TPSA) is 39.7 Å². The molecule has 1 aromatic carbocycles. The Hall–Kier alpha value is -1.26. The van der Waals surface area contributed by atoms with Crippen LogP contribution >= 0.6 is 0 Å². The lowest BCUT2D eigenvalue weighted by atomic mass is 10.2. The van der Waals surface area contributed by atoms with E-state index in [0.29, 0.717) is 19.8 Å². The van der Waals surface area contributed by atoms with Crippen LogP contribution in [-0.2, 0) is 11.3 Å². The quantitative estimate of drug-likeness (QED) is 0.661. The van der Waals surface area contributed by atoms with Crippen LogP contribution in [-0.4, -0.2) is 33.5 Å². The zero-order chi connectivity index (χ0) is 13.9. The smallest absolute Gasteiger partial charge is 0.165 e. The van der Waals surface area contributed by atoms with Gasteiger partial charge in [-0.2, -0.15) is 0 Å². The highest BCUT2D eigenvalue weighted by Crippen LogP contribution is 2.31. The van der Waals surface area contributed by atoms with Gasteiger partial charge in [-0.05, 0) is 26.0 Å². The van der Waals surface area contributed by atoms with Crippen molar-refractivity contribution in [1.29, 1.82) is 0 Å². The van der Waals surface area contributed by atoms with Crippen LogP contribution in [0.15, 0.2) is 18.2 Å². The van der Waals surface area contributed by atoms with Crippen LogP contribution in [0.1, 0.15) is 25.8 Å². The summed E-state index contributed by atoms with van der Waals surface area (Å²) in [5.74, 6) is 1.62. The molecule has 1 aromatic rings. The molecule has 0 radical (unpaired) electrons. The Balaban J connectivity index is 2.77. The minimum Gasteiger partial charge on any atom is -0.490 e. The molecule has 4 heteroatoms. The molecular formula is C15H25NO3. The molecule has 4 nitrogen and oxygen atoms in total. The molecule has 0 aromatic heterocycles. The Morgan fingerprint density at radius 3 is 2.63 bits per heavy atom. The van der Waals surface area contributed by atoms with E-state index in [0.717, 1.165) is 36.6 Å². The number of nitrogens with one attached hydrogen (secondary N) is 1. The molecular weight excluding hydrogens is 242 g/mol. The van der Waals surface area contributed by atoms with Gasteiger partial charge >= 0.3 is 0 Å². The van der Waals surface area contributed by atoms with Gasteiger partial charge in [0.15, 0.2) is 11.5 Å². The van der Waals surface area contributed by atoms with E-state index in [9.17, 15) is 0 Å². The van der Waals surface area contributed by atoms with Crippen molar-refractivity contribution in [3.05, 3.63) is 23.8 Å². The van der Waals surface area contributed by atoms with E-state index in [1.165, 1.54) is 0 Å². The maximum absolute atomic E-state index is 5.80. The first-order chi connectivity index (χ1) is 9.33. The van der Waals surface area contributed by atoms with Gasteiger partial charge in [-0.25, -0.2) is 0 Å². The molecule has 1 N–H and O–H groups in total. The third kappa shape index (κ3) is 5.49. The summed E-state index contributed by atoms with van der Waals surface area (Å²) in [6.45, 7) is 7.64. The molecule has 0 saturated carbocycles. The number of methoxy groups -OCH3 is 1. The second-order valence-electron chi connectivity index (χ2n) is 4.20. The molecule has 0 aliphatic carbocycles. The van der Waals surface area contributed by atoms with Crippen LogP contribution in [0.5, 0.6) is 11.5 Å². The lowest BCUT2D eigenvalue weighted by Crippen LogP contribution is -2.16. The number of ether oxygens (including phenoxy) is 3. The highest BCUT2D eigenvalue weighted by molar-refractivity contribution is 5.46. The summed E-state index contributed by atoms with van der Waals surface area (Å²) in [7, 11) is 1.67. The van der Waals surface area contributed by atoms with Crippen molar-refractivity contribution in [2.45, 2.75) is 26.8 Å². The van der Waals surface area contributed by atoms with E-state index in [4.69, 9.17) is 14.2 Å². The zero-order valence-electron chi connectivity index (χ0n) is 12.2. The normalized spacial score (nSPS) is 10.5.